The van der Waals surface area contributed by atoms with E-state index < -0.39 is 0 Å². The van der Waals surface area contributed by atoms with Crippen LogP contribution < -0.4 is 0 Å². The third-order valence-corrected chi connectivity index (χ3v) is 10.7. The Balaban J connectivity index is 1.15. The van der Waals surface area contributed by atoms with E-state index in [1.807, 2.05) is 12.1 Å². The Bertz CT molecular complexity index is 3100. The molecule has 0 amide bonds. The topological polar surface area (TPSA) is 18.1 Å². The monoisotopic (exact) mass is 661 g/mol. The van der Waals surface area contributed by atoms with Crippen LogP contribution in [-0.2, 0) is 0 Å². The van der Waals surface area contributed by atoms with E-state index in [2.05, 4.69) is 180 Å². The van der Waals surface area contributed by atoms with E-state index in [-0.39, 0.29) is 0 Å². The van der Waals surface area contributed by atoms with Crippen molar-refractivity contribution in [3.63, 3.8) is 0 Å². The van der Waals surface area contributed by atoms with E-state index >= 15 is 0 Å². The highest BCUT2D eigenvalue weighted by Gasteiger charge is 2.18. The first-order chi connectivity index (χ1) is 25.7. The zero-order valence-corrected chi connectivity index (χ0v) is 28.3. The van der Waals surface area contributed by atoms with Crippen LogP contribution in [0.3, 0.4) is 0 Å². The number of para-hydroxylation sites is 3. The molecule has 0 spiro atoms. The van der Waals surface area contributed by atoms with Crippen molar-refractivity contribution in [2.45, 2.75) is 0 Å². The number of hydrogen-bond acceptors (Lipinski definition) is 1. The summed E-state index contributed by atoms with van der Waals surface area (Å²) < 4.78 is 8.91. The summed E-state index contributed by atoms with van der Waals surface area (Å²) >= 11 is 0. The molecule has 0 N–H and O–H groups in total. The van der Waals surface area contributed by atoms with E-state index in [4.69, 9.17) is 4.42 Å². The smallest absolute Gasteiger partial charge is 0.143 e. The van der Waals surface area contributed by atoms with Gasteiger partial charge in [-0.25, -0.2) is 0 Å². The molecule has 242 valence electrons. The molecular formula is C50H31NO. The van der Waals surface area contributed by atoms with Gasteiger partial charge in [-0.2, -0.15) is 0 Å². The number of nitrogens with zero attached hydrogens (tertiary/aromatic N) is 1. The molecule has 0 aliphatic rings. The van der Waals surface area contributed by atoms with Gasteiger partial charge in [0.1, 0.15) is 11.2 Å². The molecule has 0 fully saturated rings. The molecule has 11 rings (SSSR count). The lowest BCUT2D eigenvalue weighted by Gasteiger charge is -2.15. The summed E-state index contributed by atoms with van der Waals surface area (Å²) in [5.74, 6) is 0. The molecule has 11 aromatic rings. The van der Waals surface area contributed by atoms with Crippen LogP contribution in [0.15, 0.2) is 192 Å². The number of furan rings is 1. The molecule has 2 nitrogen and oxygen atoms in total. The summed E-state index contributed by atoms with van der Waals surface area (Å²) in [6.45, 7) is 0. The molecule has 2 heteroatoms. The molecule has 0 saturated carbocycles. The maximum Gasteiger partial charge on any atom is 0.143 e. The quantitative estimate of drug-likeness (QED) is 0.184. The van der Waals surface area contributed by atoms with E-state index in [0.717, 1.165) is 38.8 Å². The lowest BCUT2D eigenvalue weighted by atomic mass is 9.95. The average molecular weight is 662 g/mol. The fourth-order valence-electron chi connectivity index (χ4n) is 8.20. The summed E-state index contributed by atoms with van der Waals surface area (Å²) in [4.78, 5) is 0. The molecule has 0 radical (unpaired) electrons. The Morgan fingerprint density at radius 1 is 0.327 bits per heavy atom. The van der Waals surface area contributed by atoms with Crippen LogP contribution in [0.4, 0.5) is 0 Å². The maximum atomic E-state index is 6.47. The van der Waals surface area contributed by atoms with Crippen molar-refractivity contribution < 1.29 is 4.42 Å². The first-order valence-electron chi connectivity index (χ1n) is 17.8. The van der Waals surface area contributed by atoms with Gasteiger partial charge in [-0.05, 0) is 104 Å². The lowest BCUT2D eigenvalue weighted by molar-refractivity contribution is 0.670. The van der Waals surface area contributed by atoms with E-state index in [1.54, 1.807) is 0 Å². The van der Waals surface area contributed by atoms with Crippen molar-refractivity contribution in [3.8, 4) is 39.1 Å². The summed E-state index contributed by atoms with van der Waals surface area (Å²) in [5, 5.41) is 9.68. The van der Waals surface area contributed by atoms with Gasteiger partial charge in [-0.1, -0.05) is 133 Å². The number of benzene rings is 9. The lowest BCUT2D eigenvalue weighted by Crippen LogP contribution is -1.96. The molecule has 0 aliphatic carbocycles. The summed E-state index contributed by atoms with van der Waals surface area (Å²) in [6.07, 6.45) is 0. The van der Waals surface area contributed by atoms with E-state index in [1.165, 1.54) is 65.6 Å². The average Bonchev–Trinajstić information content (AvgIpc) is 3.76. The number of aromatic nitrogens is 1. The van der Waals surface area contributed by atoms with Gasteiger partial charge in [0.25, 0.3) is 0 Å². The number of rotatable bonds is 4. The van der Waals surface area contributed by atoms with Crippen molar-refractivity contribution in [1.82, 2.24) is 4.57 Å². The normalized spacial score (nSPS) is 11.8. The fraction of sp³-hybridized carbons (Fsp3) is 0. The van der Waals surface area contributed by atoms with Crippen molar-refractivity contribution in [3.05, 3.63) is 188 Å². The minimum Gasteiger partial charge on any atom is -0.455 e. The number of fused-ring (bicyclic) bond motifs is 8. The third-order valence-electron chi connectivity index (χ3n) is 10.7. The molecule has 0 saturated heterocycles. The summed E-state index contributed by atoms with van der Waals surface area (Å²) in [5.41, 5.74) is 12.3. The zero-order chi connectivity index (χ0) is 34.2. The van der Waals surface area contributed by atoms with Crippen molar-refractivity contribution in [2.75, 3.05) is 0 Å². The van der Waals surface area contributed by atoms with Crippen LogP contribution in [0.2, 0.25) is 0 Å². The number of hydrogen-bond donors (Lipinski definition) is 0. The molecule has 9 aromatic carbocycles. The van der Waals surface area contributed by atoms with Gasteiger partial charge >= 0.3 is 0 Å². The van der Waals surface area contributed by atoms with Gasteiger partial charge in [0.05, 0.1) is 11.0 Å². The first-order valence-corrected chi connectivity index (χ1v) is 17.8. The SMILES string of the molecule is c1ccc2cc(-c3cc(-c4ccc5ccccc5c4)cc(-n4c5ccccc5c5cc(-c6cccc7c6oc6ccccc67)ccc54)c3)ccc2c1. The summed E-state index contributed by atoms with van der Waals surface area (Å²) in [7, 11) is 0. The molecule has 52 heavy (non-hydrogen) atoms. The van der Waals surface area contributed by atoms with Crippen molar-refractivity contribution in [1.29, 1.82) is 0 Å². The van der Waals surface area contributed by atoms with E-state index in [0.29, 0.717) is 0 Å². The van der Waals surface area contributed by atoms with Gasteiger partial charge in [0.15, 0.2) is 0 Å². The second kappa shape index (κ2) is 11.3. The highest BCUT2D eigenvalue weighted by Crippen LogP contribution is 2.41. The molecule has 0 aliphatic heterocycles. The maximum absolute atomic E-state index is 6.47. The molecule has 2 aromatic heterocycles. The van der Waals surface area contributed by atoms with Gasteiger partial charge in [0.2, 0.25) is 0 Å². The summed E-state index contributed by atoms with van der Waals surface area (Å²) in [6, 6.07) is 68.3. The predicted octanol–water partition coefficient (Wildman–Crippen LogP) is 14.0. The predicted molar refractivity (Wildman–Crippen MR) is 219 cm³/mol. The Morgan fingerprint density at radius 2 is 0.904 bits per heavy atom. The van der Waals surface area contributed by atoms with Crippen LogP contribution in [0.25, 0.3) is 104 Å². The molecule has 0 atom stereocenters. The van der Waals surface area contributed by atoms with Crippen LogP contribution in [0.5, 0.6) is 0 Å². The van der Waals surface area contributed by atoms with E-state index in [9.17, 15) is 0 Å². The second-order valence-electron chi connectivity index (χ2n) is 13.8. The van der Waals surface area contributed by atoms with Crippen LogP contribution in [0, 0.1) is 0 Å². The van der Waals surface area contributed by atoms with Gasteiger partial charge < -0.3 is 8.98 Å². The standard InChI is InChI=1S/C50H31NO/c1-3-12-34-26-36(22-20-32(34)10-1)39-28-40(37-23-21-33-11-2-4-13-35(33)27-37)30-41(29-39)51-47-18-7-5-14-43(47)46-31-38(24-25-48(46)51)42-16-9-17-45-44-15-6-8-19-49(44)52-50(42)45/h1-31H. The zero-order valence-electron chi connectivity index (χ0n) is 28.3. The largest absolute Gasteiger partial charge is 0.455 e. The van der Waals surface area contributed by atoms with Crippen LogP contribution in [-0.4, -0.2) is 4.57 Å². The van der Waals surface area contributed by atoms with Gasteiger partial charge in [-0.15, -0.1) is 0 Å². The Kier molecular flexibility index (Phi) is 6.28. The first kappa shape index (κ1) is 28.9. The minimum atomic E-state index is 0.913. The van der Waals surface area contributed by atoms with Crippen molar-refractivity contribution in [2.24, 2.45) is 0 Å². The Morgan fingerprint density at radius 3 is 1.63 bits per heavy atom. The van der Waals surface area contributed by atoms with Gasteiger partial charge in [0, 0.05) is 32.8 Å². The van der Waals surface area contributed by atoms with Gasteiger partial charge in [-0.3, -0.25) is 0 Å². The molecule has 0 unspecified atom stereocenters. The Labute approximate surface area is 300 Å². The van der Waals surface area contributed by atoms with Crippen LogP contribution in [0.1, 0.15) is 0 Å². The molecule has 0 bridgehead atoms. The van der Waals surface area contributed by atoms with Crippen LogP contribution >= 0.6 is 0 Å². The highest BCUT2D eigenvalue weighted by atomic mass is 16.3. The third kappa shape index (κ3) is 4.51. The molecular weight excluding hydrogens is 631 g/mol. The minimum absolute atomic E-state index is 0.913. The van der Waals surface area contributed by atoms with Crippen molar-refractivity contribution >= 4 is 65.3 Å². The second-order valence-corrected chi connectivity index (χ2v) is 13.8. The molecule has 2 heterocycles. The Hall–Kier alpha value is -6.90. The highest BCUT2D eigenvalue weighted by molar-refractivity contribution is 6.13. The fourth-order valence-corrected chi connectivity index (χ4v) is 8.20.